The maximum Gasteiger partial charge on any atom is 0.243 e. The molecule has 1 atom stereocenters. The second-order valence-electron chi connectivity index (χ2n) is 4.92. The van der Waals surface area contributed by atoms with E-state index in [1.54, 1.807) is 0 Å². The number of rotatable bonds is 2. The van der Waals surface area contributed by atoms with E-state index in [4.69, 9.17) is 11.6 Å². The first-order chi connectivity index (χ1) is 9.22. The molecular formula is C14H16ClN3O. The quantitative estimate of drug-likeness (QED) is 0.858. The van der Waals surface area contributed by atoms with Crippen molar-refractivity contribution in [2.24, 2.45) is 0 Å². The summed E-state index contributed by atoms with van der Waals surface area (Å²) in [6, 6.07) is 5.84. The van der Waals surface area contributed by atoms with E-state index in [0.717, 1.165) is 41.8 Å². The molecule has 0 radical (unpaired) electrons. The Morgan fingerprint density at radius 3 is 3.11 bits per heavy atom. The van der Waals surface area contributed by atoms with E-state index in [9.17, 15) is 4.79 Å². The molecule has 19 heavy (non-hydrogen) atoms. The van der Waals surface area contributed by atoms with Crippen LogP contribution in [0.25, 0.3) is 11.0 Å². The number of aromatic nitrogens is 2. The third-order valence-electron chi connectivity index (χ3n) is 3.68. The van der Waals surface area contributed by atoms with Gasteiger partial charge in [-0.3, -0.25) is 4.79 Å². The fourth-order valence-corrected chi connectivity index (χ4v) is 2.94. The van der Waals surface area contributed by atoms with Gasteiger partial charge in [0, 0.05) is 6.54 Å². The van der Waals surface area contributed by atoms with Crippen LogP contribution in [0.2, 0.25) is 0 Å². The summed E-state index contributed by atoms with van der Waals surface area (Å²) in [5.74, 6) is 1.16. The van der Waals surface area contributed by atoms with E-state index >= 15 is 0 Å². The van der Waals surface area contributed by atoms with E-state index in [1.807, 2.05) is 29.7 Å². The molecule has 1 aliphatic rings. The van der Waals surface area contributed by atoms with Gasteiger partial charge in [0.05, 0.1) is 16.9 Å². The number of amides is 1. The number of nitrogens with zero attached hydrogens (tertiary/aromatic N) is 2. The van der Waals surface area contributed by atoms with E-state index in [2.05, 4.69) is 10.3 Å². The summed E-state index contributed by atoms with van der Waals surface area (Å²) in [5, 5.41) is 2.92. The van der Waals surface area contributed by atoms with Crippen LogP contribution in [0.15, 0.2) is 18.2 Å². The van der Waals surface area contributed by atoms with Gasteiger partial charge in [0.15, 0.2) is 0 Å². The van der Waals surface area contributed by atoms with Crippen LogP contribution in [0.4, 0.5) is 0 Å². The van der Waals surface area contributed by atoms with Crippen molar-refractivity contribution >= 4 is 28.5 Å². The van der Waals surface area contributed by atoms with Gasteiger partial charge in [0.2, 0.25) is 5.91 Å². The molecule has 0 aliphatic carbocycles. The van der Waals surface area contributed by atoms with Crippen LogP contribution >= 0.6 is 11.6 Å². The third-order valence-corrected chi connectivity index (χ3v) is 3.92. The van der Waals surface area contributed by atoms with Gasteiger partial charge in [-0.05, 0) is 31.4 Å². The minimum atomic E-state index is -0.186. The fourth-order valence-electron chi connectivity index (χ4n) is 2.75. The molecule has 0 saturated carbocycles. The molecule has 2 heterocycles. The number of carbonyl (C=O) groups is 1. The summed E-state index contributed by atoms with van der Waals surface area (Å²) in [4.78, 5) is 16.7. The number of aryl methyl sites for hydroxylation is 1. The standard InChI is InChI=1S/C14H16ClN3O/c1-9-4-2-5-10-13(9)17-12(8-15)18(10)11-6-3-7-16-14(11)19/h2,4-5,11H,3,6-8H2,1H3,(H,16,19). The van der Waals surface area contributed by atoms with Gasteiger partial charge in [-0.25, -0.2) is 4.98 Å². The molecule has 2 aromatic rings. The molecular weight excluding hydrogens is 262 g/mol. The number of alkyl halides is 1. The molecule has 100 valence electrons. The predicted octanol–water partition coefficient (Wildman–Crippen LogP) is 2.53. The third kappa shape index (κ3) is 2.00. The number of piperidine rings is 1. The minimum absolute atomic E-state index is 0.0680. The van der Waals surface area contributed by atoms with Gasteiger partial charge in [-0.1, -0.05) is 12.1 Å². The first-order valence-electron chi connectivity index (χ1n) is 6.52. The van der Waals surface area contributed by atoms with E-state index in [0.29, 0.717) is 5.88 Å². The van der Waals surface area contributed by atoms with Crippen molar-refractivity contribution in [2.45, 2.75) is 31.7 Å². The normalized spacial score (nSPS) is 19.7. The molecule has 4 nitrogen and oxygen atoms in total. The van der Waals surface area contributed by atoms with Crippen LogP contribution in [0.1, 0.15) is 30.3 Å². The number of benzene rings is 1. The topological polar surface area (TPSA) is 46.9 Å². The highest BCUT2D eigenvalue weighted by molar-refractivity contribution is 6.17. The second kappa shape index (κ2) is 4.85. The minimum Gasteiger partial charge on any atom is -0.354 e. The summed E-state index contributed by atoms with van der Waals surface area (Å²) in [6.07, 6.45) is 1.83. The number of hydrogen-bond donors (Lipinski definition) is 1. The lowest BCUT2D eigenvalue weighted by Crippen LogP contribution is -2.38. The SMILES string of the molecule is Cc1cccc2c1nc(CCl)n2C1CCCNC1=O. The molecule has 1 aromatic heterocycles. The van der Waals surface area contributed by atoms with Crippen molar-refractivity contribution in [1.82, 2.24) is 14.9 Å². The van der Waals surface area contributed by atoms with E-state index < -0.39 is 0 Å². The zero-order chi connectivity index (χ0) is 13.4. The number of halogens is 1. The highest BCUT2D eigenvalue weighted by atomic mass is 35.5. The molecule has 1 fully saturated rings. The first kappa shape index (κ1) is 12.5. The Bertz CT molecular complexity index is 635. The van der Waals surface area contributed by atoms with Crippen molar-refractivity contribution in [2.75, 3.05) is 6.54 Å². The Kier molecular flexibility index (Phi) is 3.19. The van der Waals surface area contributed by atoms with Crippen molar-refractivity contribution in [3.63, 3.8) is 0 Å². The maximum absolute atomic E-state index is 12.1. The highest BCUT2D eigenvalue weighted by Gasteiger charge is 2.27. The first-order valence-corrected chi connectivity index (χ1v) is 7.06. The summed E-state index contributed by atoms with van der Waals surface area (Å²) in [5.41, 5.74) is 3.05. The van der Waals surface area contributed by atoms with Crippen LogP contribution in [-0.4, -0.2) is 22.0 Å². The number of imidazole rings is 1. The zero-order valence-corrected chi connectivity index (χ0v) is 11.6. The van der Waals surface area contributed by atoms with Crippen LogP contribution in [0, 0.1) is 6.92 Å². The monoisotopic (exact) mass is 277 g/mol. The average molecular weight is 278 g/mol. The molecule has 0 spiro atoms. The largest absolute Gasteiger partial charge is 0.354 e. The lowest BCUT2D eigenvalue weighted by Gasteiger charge is -2.25. The van der Waals surface area contributed by atoms with Crippen LogP contribution < -0.4 is 5.32 Å². The molecule has 0 bridgehead atoms. The van der Waals surface area contributed by atoms with E-state index in [1.165, 1.54) is 0 Å². The van der Waals surface area contributed by atoms with Crippen LogP contribution in [0.5, 0.6) is 0 Å². The number of para-hydroxylation sites is 1. The number of carbonyl (C=O) groups excluding carboxylic acids is 1. The van der Waals surface area contributed by atoms with Crippen molar-refractivity contribution in [3.05, 3.63) is 29.6 Å². The molecule has 1 N–H and O–H groups in total. The van der Waals surface area contributed by atoms with Gasteiger partial charge in [0.1, 0.15) is 11.9 Å². The molecule has 1 aliphatic heterocycles. The van der Waals surface area contributed by atoms with Gasteiger partial charge in [0.25, 0.3) is 0 Å². The second-order valence-corrected chi connectivity index (χ2v) is 5.19. The Labute approximate surface area is 116 Å². The smallest absolute Gasteiger partial charge is 0.243 e. The lowest BCUT2D eigenvalue weighted by atomic mass is 10.1. The van der Waals surface area contributed by atoms with Crippen LogP contribution in [0.3, 0.4) is 0 Å². The average Bonchev–Trinajstić information content (AvgIpc) is 2.79. The number of fused-ring (bicyclic) bond motifs is 1. The van der Waals surface area contributed by atoms with Gasteiger partial charge in [-0.15, -0.1) is 11.6 Å². The Balaban J connectivity index is 2.20. The lowest BCUT2D eigenvalue weighted by molar-refractivity contribution is -0.125. The summed E-state index contributed by atoms with van der Waals surface area (Å²) in [6.45, 7) is 2.79. The highest BCUT2D eigenvalue weighted by Crippen LogP contribution is 2.28. The Hall–Kier alpha value is -1.55. The van der Waals surface area contributed by atoms with Crippen molar-refractivity contribution < 1.29 is 4.79 Å². The Morgan fingerprint density at radius 1 is 1.53 bits per heavy atom. The van der Waals surface area contributed by atoms with Gasteiger partial charge < -0.3 is 9.88 Å². The van der Waals surface area contributed by atoms with Gasteiger partial charge >= 0.3 is 0 Å². The van der Waals surface area contributed by atoms with Gasteiger partial charge in [-0.2, -0.15) is 0 Å². The summed E-state index contributed by atoms with van der Waals surface area (Å²) >= 11 is 6.01. The fraction of sp³-hybridized carbons (Fsp3) is 0.429. The molecule has 1 aromatic carbocycles. The molecule has 3 rings (SSSR count). The van der Waals surface area contributed by atoms with Crippen LogP contribution in [-0.2, 0) is 10.7 Å². The predicted molar refractivity (Wildman–Crippen MR) is 75.3 cm³/mol. The number of nitrogens with one attached hydrogen (secondary N) is 1. The Morgan fingerprint density at radius 2 is 2.37 bits per heavy atom. The molecule has 1 saturated heterocycles. The number of hydrogen-bond acceptors (Lipinski definition) is 2. The summed E-state index contributed by atoms with van der Waals surface area (Å²) < 4.78 is 2.00. The van der Waals surface area contributed by atoms with E-state index in [-0.39, 0.29) is 11.9 Å². The molecule has 1 unspecified atom stereocenters. The summed E-state index contributed by atoms with van der Waals surface area (Å²) in [7, 11) is 0. The van der Waals surface area contributed by atoms with Crippen molar-refractivity contribution in [1.29, 1.82) is 0 Å². The van der Waals surface area contributed by atoms with Crippen molar-refractivity contribution in [3.8, 4) is 0 Å². The maximum atomic E-state index is 12.1. The zero-order valence-electron chi connectivity index (χ0n) is 10.8. The molecule has 5 heteroatoms. The molecule has 1 amide bonds.